The van der Waals surface area contributed by atoms with Gasteiger partial charge in [-0.1, -0.05) is 36.4 Å². The van der Waals surface area contributed by atoms with Crippen molar-refractivity contribution < 1.29 is 9.90 Å². The van der Waals surface area contributed by atoms with E-state index >= 15 is 0 Å². The quantitative estimate of drug-likeness (QED) is 0.438. The molecule has 2 aromatic heterocycles. The van der Waals surface area contributed by atoms with Crippen molar-refractivity contribution in [2.24, 2.45) is 0 Å². The molecule has 0 aliphatic rings. The summed E-state index contributed by atoms with van der Waals surface area (Å²) in [6.45, 7) is 2.37. The van der Waals surface area contributed by atoms with E-state index in [1.807, 2.05) is 43.1 Å². The summed E-state index contributed by atoms with van der Waals surface area (Å²) in [7, 11) is 1.91. The van der Waals surface area contributed by atoms with Crippen molar-refractivity contribution >= 4 is 39.0 Å². The number of thiophene rings is 1. The van der Waals surface area contributed by atoms with Crippen LogP contribution in [0.3, 0.4) is 0 Å². The van der Waals surface area contributed by atoms with Crippen LogP contribution in [0.2, 0.25) is 0 Å². The molecule has 0 spiro atoms. The van der Waals surface area contributed by atoms with Crippen molar-refractivity contribution in [1.29, 1.82) is 0 Å². The fourth-order valence-electron chi connectivity index (χ4n) is 3.23. The van der Waals surface area contributed by atoms with Gasteiger partial charge >= 0.3 is 0 Å². The van der Waals surface area contributed by atoms with Gasteiger partial charge in [-0.2, -0.15) is 0 Å². The average molecular weight is 419 g/mol. The van der Waals surface area contributed by atoms with E-state index in [1.54, 1.807) is 29.8 Å². The van der Waals surface area contributed by atoms with Crippen LogP contribution >= 0.6 is 11.3 Å². The normalized spacial score (nSPS) is 10.9. The van der Waals surface area contributed by atoms with E-state index in [-0.39, 0.29) is 18.1 Å². The topological polar surface area (TPSA) is 78.4 Å². The largest absolute Gasteiger partial charge is 0.506 e. The van der Waals surface area contributed by atoms with Crippen molar-refractivity contribution in [1.82, 2.24) is 9.97 Å². The van der Waals surface area contributed by atoms with E-state index in [4.69, 9.17) is 0 Å². The Hall–Kier alpha value is -3.45. The van der Waals surface area contributed by atoms with Crippen LogP contribution in [0.15, 0.2) is 60.9 Å². The summed E-state index contributed by atoms with van der Waals surface area (Å²) in [5, 5.41) is 13.7. The van der Waals surface area contributed by atoms with Crippen LogP contribution in [0.1, 0.15) is 12.0 Å². The smallest absolute Gasteiger partial charge is 0.226 e. The number of amides is 1. The molecule has 0 aliphatic heterocycles. The number of aromatic nitrogens is 2. The molecule has 0 radical (unpaired) electrons. The monoisotopic (exact) mass is 418 g/mol. The van der Waals surface area contributed by atoms with Crippen molar-refractivity contribution in [3.63, 3.8) is 0 Å². The number of hydrogen-bond acceptors (Lipinski definition) is 6. The molecule has 0 saturated heterocycles. The molecule has 2 aromatic carbocycles. The Morgan fingerprint density at radius 1 is 1.13 bits per heavy atom. The molecular weight excluding hydrogens is 396 g/mol. The fourth-order valence-corrected chi connectivity index (χ4v) is 4.23. The molecule has 4 rings (SSSR count). The minimum Gasteiger partial charge on any atom is -0.506 e. The first-order valence-corrected chi connectivity index (χ1v) is 10.4. The molecule has 7 heteroatoms. The zero-order chi connectivity index (χ0) is 21.1. The van der Waals surface area contributed by atoms with Crippen LogP contribution in [0.5, 0.6) is 5.75 Å². The van der Waals surface area contributed by atoms with Crippen molar-refractivity contribution in [2.45, 2.75) is 13.3 Å². The Bertz CT molecular complexity index is 1190. The lowest BCUT2D eigenvalue weighted by Crippen LogP contribution is -2.24. The zero-order valence-electron chi connectivity index (χ0n) is 16.8. The van der Waals surface area contributed by atoms with Gasteiger partial charge in [-0.05, 0) is 36.2 Å². The molecule has 6 nitrogen and oxygen atoms in total. The highest BCUT2D eigenvalue weighted by Crippen LogP contribution is 2.35. The van der Waals surface area contributed by atoms with Gasteiger partial charge < -0.3 is 15.3 Å². The van der Waals surface area contributed by atoms with Gasteiger partial charge in [-0.25, -0.2) is 9.97 Å². The standard InChI is InChI=1S/C23H22N4O2S/c1-15-8-9-18(19(28)12-15)26-21(29)10-11-27(2)22-17-13-20(16-6-4-3-5-7-16)30-23(17)25-14-24-22/h3-9,12-14,28H,10-11H2,1-2H3,(H,26,29). The first-order valence-electron chi connectivity index (χ1n) is 9.62. The van der Waals surface area contributed by atoms with Gasteiger partial charge in [0.15, 0.2) is 0 Å². The van der Waals surface area contributed by atoms with Crippen LogP contribution in [0.4, 0.5) is 11.5 Å². The number of fused-ring (bicyclic) bond motifs is 1. The number of carbonyl (C=O) groups is 1. The first-order chi connectivity index (χ1) is 14.5. The van der Waals surface area contributed by atoms with Crippen LogP contribution in [0.25, 0.3) is 20.7 Å². The summed E-state index contributed by atoms with van der Waals surface area (Å²) in [5.74, 6) is 0.701. The first kappa shape index (κ1) is 19.8. The number of aryl methyl sites for hydroxylation is 1. The molecule has 0 atom stereocenters. The maximum absolute atomic E-state index is 12.4. The average Bonchev–Trinajstić information content (AvgIpc) is 3.19. The van der Waals surface area contributed by atoms with Gasteiger partial charge in [0, 0.05) is 24.9 Å². The summed E-state index contributed by atoms with van der Waals surface area (Å²) < 4.78 is 0. The summed E-state index contributed by atoms with van der Waals surface area (Å²) >= 11 is 1.63. The van der Waals surface area contributed by atoms with Crippen molar-refractivity contribution in [2.75, 3.05) is 23.8 Å². The third-order valence-electron chi connectivity index (χ3n) is 4.83. The van der Waals surface area contributed by atoms with Gasteiger partial charge in [-0.3, -0.25) is 4.79 Å². The van der Waals surface area contributed by atoms with E-state index in [0.29, 0.717) is 12.2 Å². The molecule has 0 saturated carbocycles. The second-order valence-electron chi connectivity index (χ2n) is 7.13. The van der Waals surface area contributed by atoms with E-state index < -0.39 is 0 Å². The van der Waals surface area contributed by atoms with Crippen LogP contribution in [-0.4, -0.2) is 34.6 Å². The van der Waals surface area contributed by atoms with Gasteiger partial charge in [0.25, 0.3) is 0 Å². The van der Waals surface area contributed by atoms with Gasteiger partial charge in [0.05, 0.1) is 11.1 Å². The Balaban J connectivity index is 1.47. The van der Waals surface area contributed by atoms with E-state index in [1.165, 1.54) is 0 Å². The number of nitrogens with zero attached hydrogens (tertiary/aromatic N) is 3. The molecule has 0 bridgehead atoms. The molecule has 0 unspecified atom stereocenters. The Kier molecular flexibility index (Phi) is 5.63. The van der Waals surface area contributed by atoms with Crippen LogP contribution in [-0.2, 0) is 4.79 Å². The number of rotatable bonds is 6. The van der Waals surface area contributed by atoms with Crippen LogP contribution < -0.4 is 10.2 Å². The summed E-state index contributed by atoms with van der Waals surface area (Å²) in [6.07, 6.45) is 1.83. The van der Waals surface area contributed by atoms with E-state index in [0.717, 1.165) is 32.0 Å². The lowest BCUT2D eigenvalue weighted by Gasteiger charge is -2.18. The second kappa shape index (κ2) is 8.51. The predicted molar refractivity (Wildman–Crippen MR) is 122 cm³/mol. The molecule has 1 amide bonds. The number of anilines is 2. The minimum atomic E-state index is -0.165. The van der Waals surface area contributed by atoms with Gasteiger partial charge in [0.2, 0.25) is 5.91 Å². The predicted octanol–water partition coefficient (Wildman–Crippen LogP) is 4.84. The number of aromatic hydroxyl groups is 1. The summed E-state index contributed by atoms with van der Waals surface area (Å²) in [4.78, 5) is 25.2. The molecule has 0 fully saturated rings. The Morgan fingerprint density at radius 2 is 1.93 bits per heavy atom. The number of benzene rings is 2. The highest BCUT2D eigenvalue weighted by atomic mass is 32.1. The van der Waals surface area contributed by atoms with Crippen molar-refractivity contribution in [3.8, 4) is 16.2 Å². The molecule has 152 valence electrons. The fraction of sp³-hybridized carbons (Fsp3) is 0.174. The van der Waals surface area contributed by atoms with Crippen LogP contribution in [0, 0.1) is 6.92 Å². The highest BCUT2D eigenvalue weighted by molar-refractivity contribution is 7.21. The number of hydrogen-bond donors (Lipinski definition) is 2. The molecule has 2 heterocycles. The van der Waals surface area contributed by atoms with E-state index in [2.05, 4.69) is 33.5 Å². The molecule has 2 N–H and O–H groups in total. The third kappa shape index (κ3) is 4.26. The summed E-state index contributed by atoms with van der Waals surface area (Å²) in [6, 6.07) is 17.5. The number of nitrogens with one attached hydrogen (secondary N) is 1. The highest BCUT2D eigenvalue weighted by Gasteiger charge is 2.14. The zero-order valence-corrected chi connectivity index (χ0v) is 17.6. The molecule has 30 heavy (non-hydrogen) atoms. The second-order valence-corrected chi connectivity index (χ2v) is 8.16. The molecular formula is C23H22N4O2S. The lowest BCUT2D eigenvalue weighted by molar-refractivity contribution is -0.116. The Labute approximate surface area is 178 Å². The minimum absolute atomic E-state index is 0.0703. The van der Waals surface area contributed by atoms with E-state index in [9.17, 15) is 9.90 Å². The van der Waals surface area contributed by atoms with Gasteiger partial charge in [0.1, 0.15) is 22.7 Å². The van der Waals surface area contributed by atoms with Gasteiger partial charge in [-0.15, -0.1) is 11.3 Å². The Morgan fingerprint density at radius 3 is 2.70 bits per heavy atom. The maximum atomic E-state index is 12.4. The number of phenolic OH excluding ortho intramolecular Hbond substituents is 1. The molecule has 0 aliphatic carbocycles. The summed E-state index contributed by atoms with van der Waals surface area (Å²) in [5.41, 5.74) is 2.50. The number of carbonyl (C=O) groups excluding carboxylic acids is 1. The number of phenols is 1. The molecule has 4 aromatic rings. The third-order valence-corrected chi connectivity index (χ3v) is 5.92. The SMILES string of the molecule is Cc1ccc(NC(=O)CCN(C)c2ncnc3sc(-c4ccccc4)cc23)c(O)c1. The van der Waals surface area contributed by atoms with Crippen molar-refractivity contribution in [3.05, 3.63) is 66.5 Å². The lowest BCUT2D eigenvalue weighted by atomic mass is 10.2. The maximum Gasteiger partial charge on any atom is 0.226 e.